The fourth-order valence-corrected chi connectivity index (χ4v) is 2.36. The largest absolute Gasteiger partial charge is 0.354 e. The smallest absolute Gasteiger partial charge is 0.278 e. The van der Waals surface area contributed by atoms with Crippen LogP contribution in [0.4, 0.5) is 11.5 Å². The molecule has 3 rings (SSSR count). The molecule has 0 atom stereocenters. The summed E-state index contributed by atoms with van der Waals surface area (Å²) in [5.41, 5.74) is 0.780. The van der Waals surface area contributed by atoms with Crippen LogP contribution in [0.15, 0.2) is 30.3 Å². The number of hydrogen-bond donors (Lipinski definition) is 1. The van der Waals surface area contributed by atoms with Crippen LogP contribution in [0.2, 0.25) is 0 Å². The summed E-state index contributed by atoms with van der Waals surface area (Å²) in [6.07, 6.45) is 0. The Morgan fingerprint density at radius 1 is 1.21 bits per heavy atom. The highest BCUT2D eigenvalue weighted by molar-refractivity contribution is 5.89. The third kappa shape index (κ3) is 2.22. The molecule has 0 radical (unpaired) electrons. The highest BCUT2D eigenvalue weighted by Gasteiger charge is 2.15. The molecule has 98 valence electrons. The number of nitrogens with zero attached hydrogens (tertiary/aromatic N) is 3. The monoisotopic (exact) mass is 258 g/mol. The molecule has 1 saturated heterocycles. The van der Waals surface area contributed by atoms with Gasteiger partial charge in [0.05, 0.1) is 15.8 Å². The summed E-state index contributed by atoms with van der Waals surface area (Å²) in [6.45, 7) is 3.70. The number of pyridine rings is 1. The lowest BCUT2D eigenvalue weighted by Gasteiger charge is -2.28. The second kappa shape index (κ2) is 4.81. The van der Waals surface area contributed by atoms with Gasteiger partial charge in [-0.05, 0) is 18.2 Å². The van der Waals surface area contributed by atoms with Crippen molar-refractivity contribution in [2.75, 3.05) is 31.1 Å². The molecule has 1 aromatic carbocycles. The number of fused-ring (bicyclic) bond motifs is 1. The average Bonchev–Trinajstić information content (AvgIpc) is 2.47. The van der Waals surface area contributed by atoms with Crippen LogP contribution in [0.3, 0.4) is 0 Å². The number of anilines is 1. The number of hydrogen-bond acceptors (Lipinski definition) is 5. The van der Waals surface area contributed by atoms with E-state index in [1.54, 1.807) is 12.1 Å². The fraction of sp³-hybridized carbons (Fsp3) is 0.308. The van der Waals surface area contributed by atoms with E-state index in [-0.39, 0.29) is 10.6 Å². The Labute approximate surface area is 110 Å². The molecule has 2 heterocycles. The molecular weight excluding hydrogens is 244 g/mol. The van der Waals surface area contributed by atoms with Crippen molar-refractivity contribution in [3.05, 3.63) is 40.4 Å². The van der Waals surface area contributed by atoms with Crippen LogP contribution in [0, 0.1) is 10.1 Å². The van der Waals surface area contributed by atoms with Crippen molar-refractivity contribution in [1.29, 1.82) is 0 Å². The van der Waals surface area contributed by atoms with E-state index < -0.39 is 0 Å². The second-order valence-electron chi connectivity index (χ2n) is 4.51. The molecule has 6 heteroatoms. The lowest BCUT2D eigenvalue weighted by Crippen LogP contribution is -2.43. The molecule has 1 N–H and O–H groups in total. The zero-order valence-electron chi connectivity index (χ0n) is 10.4. The molecule has 6 nitrogen and oxygen atoms in total. The van der Waals surface area contributed by atoms with E-state index in [9.17, 15) is 10.1 Å². The van der Waals surface area contributed by atoms with Crippen LogP contribution < -0.4 is 10.2 Å². The lowest BCUT2D eigenvalue weighted by atomic mass is 10.2. The van der Waals surface area contributed by atoms with E-state index in [0.717, 1.165) is 32.0 Å². The molecular formula is C13H14N4O2. The highest BCUT2D eigenvalue weighted by atomic mass is 16.6. The van der Waals surface area contributed by atoms with Crippen LogP contribution in [0.5, 0.6) is 0 Å². The van der Waals surface area contributed by atoms with Crippen LogP contribution in [0.1, 0.15) is 0 Å². The summed E-state index contributed by atoms with van der Waals surface area (Å²) in [4.78, 5) is 17.3. The van der Waals surface area contributed by atoms with Gasteiger partial charge in [-0.25, -0.2) is 4.98 Å². The van der Waals surface area contributed by atoms with Crippen molar-refractivity contribution >= 4 is 22.4 Å². The van der Waals surface area contributed by atoms with Gasteiger partial charge < -0.3 is 10.2 Å². The van der Waals surface area contributed by atoms with Gasteiger partial charge in [0.1, 0.15) is 5.82 Å². The first-order valence-electron chi connectivity index (χ1n) is 6.25. The zero-order chi connectivity index (χ0) is 13.2. The van der Waals surface area contributed by atoms with Gasteiger partial charge in [0.2, 0.25) is 0 Å². The van der Waals surface area contributed by atoms with Crippen molar-refractivity contribution < 1.29 is 4.92 Å². The standard InChI is InChI=1S/C13H14N4O2/c18-17(19)12-3-1-2-11-10(12)4-5-13(15-11)16-8-6-14-7-9-16/h1-5,14H,6-9H2. The van der Waals surface area contributed by atoms with Gasteiger partial charge in [-0.3, -0.25) is 10.1 Å². The first-order valence-corrected chi connectivity index (χ1v) is 6.25. The molecule has 0 unspecified atom stereocenters. The number of nitrogens with one attached hydrogen (secondary N) is 1. The molecule has 1 aromatic heterocycles. The Balaban J connectivity index is 2.04. The van der Waals surface area contributed by atoms with Crippen LogP contribution in [-0.2, 0) is 0 Å². The third-order valence-electron chi connectivity index (χ3n) is 3.33. The molecule has 1 aliphatic rings. The Morgan fingerprint density at radius 2 is 2.00 bits per heavy atom. The predicted octanol–water partition coefficient (Wildman–Crippen LogP) is 1.55. The number of benzene rings is 1. The van der Waals surface area contributed by atoms with E-state index in [4.69, 9.17) is 0 Å². The number of non-ortho nitro benzene ring substituents is 1. The minimum atomic E-state index is -0.367. The van der Waals surface area contributed by atoms with Crippen molar-refractivity contribution in [2.24, 2.45) is 0 Å². The molecule has 0 spiro atoms. The van der Waals surface area contributed by atoms with Crippen LogP contribution in [0.25, 0.3) is 10.9 Å². The number of nitro groups is 1. The molecule has 0 aliphatic carbocycles. The number of nitro benzene ring substituents is 1. The summed E-state index contributed by atoms with van der Waals surface area (Å²) in [6, 6.07) is 8.65. The van der Waals surface area contributed by atoms with E-state index in [1.165, 1.54) is 6.07 Å². The third-order valence-corrected chi connectivity index (χ3v) is 3.33. The topological polar surface area (TPSA) is 71.3 Å². The average molecular weight is 258 g/mol. The summed E-state index contributed by atoms with van der Waals surface area (Å²) in [5.74, 6) is 0.884. The number of rotatable bonds is 2. The zero-order valence-corrected chi connectivity index (χ0v) is 10.4. The van der Waals surface area contributed by atoms with Gasteiger partial charge >= 0.3 is 0 Å². The Kier molecular flexibility index (Phi) is 3.00. The van der Waals surface area contributed by atoms with Crippen molar-refractivity contribution in [3.63, 3.8) is 0 Å². The van der Waals surface area contributed by atoms with E-state index in [1.807, 2.05) is 12.1 Å². The highest BCUT2D eigenvalue weighted by Crippen LogP contribution is 2.26. The quantitative estimate of drug-likeness (QED) is 0.653. The predicted molar refractivity (Wildman–Crippen MR) is 73.5 cm³/mol. The maximum Gasteiger partial charge on any atom is 0.278 e. The van der Waals surface area contributed by atoms with Gasteiger partial charge in [-0.2, -0.15) is 0 Å². The fourth-order valence-electron chi connectivity index (χ4n) is 2.36. The van der Waals surface area contributed by atoms with Gasteiger partial charge in [-0.15, -0.1) is 0 Å². The number of piperazine rings is 1. The summed E-state index contributed by atoms with van der Waals surface area (Å²) in [7, 11) is 0. The molecule has 19 heavy (non-hydrogen) atoms. The van der Waals surface area contributed by atoms with Crippen molar-refractivity contribution in [3.8, 4) is 0 Å². The summed E-state index contributed by atoms with van der Waals surface area (Å²) >= 11 is 0. The molecule has 0 amide bonds. The van der Waals surface area contributed by atoms with Gasteiger partial charge in [-0.1, -0.05) is 6.07 Å². The van der Waals surface area contributed by atoms with Gasteiger partial charge in [0, 0.05) is 32.2 Å². The molecule has 1 aliphatic heterocycles. The van der Waals surface area contributed by atoms with Crippen molar-refractivity contribution in [2.45, 2.75) is 0 Å². The molecule has 2 aromatic rings. The van der Waals surface area contributed by atoms with Crippen LogP contribution >= 0.6 is 0 Å². The van der Waals surface area contributed by atoms with Crippen LogP contribution in [-0.4, -0.2) is 36.1 Å². The van der Waals surface area contributed by atoms with Crippen molar-refractivity contribution in [1.82, 2.24) is 10.3 Å². The van der Waals surface area contributed by atoms with E-state index >= 15 is 0 Å². The minimum Gasteiger partial charge on any atom is -0.354 e. The van der Waals surface area contributed by atoms with E-state index in [0.29, 0.717) is 10.9 Å². The summed E-state index contributed by atoms with van der Waals surface area (Å²) < 4.78 is 0. The minimum absolute atomic E-state index is 0.108. The normalized spacial score (nSPS) is 15.7. The van der Waals surface area contributed by atoms with E-state index in [2.05, 4.69) is 15.2 Å². The Bertz CT molecular complexity index is 623. The first kappa shape index (κ1) is 11.9. The van der Waals surface area contributed by atoms with Gasteiger partial charge in [0.25, 0.3) is 5.69 Å². The number of aromatic nitrogens is 1. The Morgan fingerprint density at radius 3 is 2.74 bits per heavy atom. The first-order chi connectivity index (χ1) is 9.25. The SMILES string of the molecule is O=[N+]([O-])c1cccc2nc(N3CCNCC3)ccc12. The molecule has 0 saturated carbocycles. The molecule has 1 fully saturated rings. The maximum atomic E-state index is 11.0. The summed E-state index contributed by atoms with van der Waals surface area (Å²) in [5, 5.41) is 14.8. The second-order valence-corrected chi connectivity index (χ2v) is 4.51. The molecule has 0 bridgehead atoms. The Hall–Kier alpha value is -2.21. The maximum absolute atomic E-state index is 11.0. The van der Waals surface area contributed by atoms with Gasteiger partial charge in [0.15, 0.2) is 0 Å². The lowest BCUT2D eigenvalue weighted by molar-refractivity contribution is -0.383.